The van der Waals surface area contributed by atoms with Gasteiger partial charge in [-0.3, -0.25) is 14.4 Å². The van der Waals surface area contributed by atoms with Gasteiger partial charge in [0.05, 0.1) is 18.3 Å². The van der Waals surface area contributed by atoms with Crippen LogP contribution in [0.25, 0.3) is 0 Å². The lowest BCUT2D eigenvalue weighted by molar-refractivity contribution is -0.144. The van der Waals surface area contributed by atoms with Crippen LogP contribution in [0.2, 0.25) is 0 Å². The summed E-state index contributed by atoms with van der Waals surface area (Å²) in [7, 11) is 0. The van der Waals surface area contributed by atoms with E-state index in [1.54, 1.807) is 9.58 Å². The minimum absolute atomic E-state index is 0.0567. The molecule has 2 N–H and O–H groups in total. The van der Waals surface area contributed by atoms with E-state index in [2.05, 4.69) is 15.6 Å². The van der Waals surface area contributed by atoms with Crippen molar-refractivity contribution in [2.75, 3.05) is 24.5 Å². The molecule has 2 aliphatic heterocycles. The summed E-state index contributed by atoms with van der Waals surface area (Å²) in [5, 5.41) is 21.7. The van der Waals surface area contributed by atoms with Gasteiger partial charge in [0.2, 0.25) is 17.7 Å². The van der Waals surface area contributed by atoms with Crippen molar-refractivity contribution in [2.24, 2.45) is 5.41 Å². The fourth-order valence-electron chi connectivity index (χ4n) is 5.65. The Labute approximate surface area is 223 Å². The fourth-order valence-corrected chi connectivity index (χ4v) is 5.65. The molecule has 0 unspecified atom stereocenters. The summed E-state index contributed by atoms with van der Waals surface area (Å²) in [6.07, 6.45) is 6.12. The molecule has 10 nitrogen and oxygen atoms in total. The zero-order chi connectivity index (χ0) is 27.0. The van der Waals surface area contributed by atoms with E-state index in [-0.39, 0.29) is 31.3 Å². The van der Waals surface area contributed by atoms with Crippen LogP contribution in [0.15, 0.2) is 30.5 Å². The molecule has 5 rings (SSSR count). The van der Waals surface area contributed by atoms with Crippen LogP contribution in [0.5, 0.6) is 0 Å². The third-order valence-electron chi connectivity index (χ3n) is 7.78. The Kier molecular flexibility index (Phi) is 7.26. The van der Waals surface area contributed by atoms with Crippen molar-refractivity contribution in [3.05, 3.63) is 41.7 Å². The quantitative estimate of drug-likeness (QED) is 0.600. The molecule has 3 aliphatic rings. The number of aliphatic hydroxyl groups is 1. The predicted octanol–water partition coefficient (Wildman–Crippen LogP) is 2.19. The number of hydrogen-bond donors (Lipinski definition) is 2. The number of likely N-dealkylation sites (tertiary alicyclic amines) is 1. The molecule has 0 radical (unpaired) electrons. The fraction of sp³-hybridized carbons (Fsp3) is 0.607. The van der Waals surface area contributed by atoms with Gasteiger partial charge in [0.25, 0.3) is 0 Å². The average Bonchev–Trinajstić information content (AvgIpc) is 3.55. The van der Waals surface area contributed by atoms with Gasteiger partial charge in [0.15, 0.2) is 0 Å². The third-order valence-corrected chi connectivity index (χ3v) is 7.78. The van der Waals surface area contributed by atoms with Crippen LogP contribution in [-0.2, 0) is 20.8 Å². The van der Waals surface area contributed by atoms with E-state index in [1.807, 2.05) is 51.2 Å². The van der Waals surface area contributed by atoms with Crippen LogP contribution in [-0.4, -0.2) is 74.5 Å². The number of benzene rings is 1. The maximum atomic E-state index is 13.9. The lowest BCUT2D eigenvalue weighted by Gasteiger charge is -2.34. The summed E-state index contributed by atoms with van der Waals surface area (Å²) in [6.45, 7) is 6.35. The van der Waals surface area contributed by atoms with Crippen molar-refractivity contribution in [2.45, 2.75) is 83.4 Å². The summed E-state index contributed by atoms with van der Waals surface area (Å²) in [4.78, 5) is 43.5. The lowest BCUT2D eigenvalue weighted by atomic mass is 9.85. The second-order valence-electron chi connectivity index (χ2n) is 11.9. The molecule has 2 fully saturated rings. The number of hydrogen-bond acceptors (Lipinski definition) is 6. The number of carbonyl (C=O) groups is 3. The summed E-state index contributed by atoms with van der Waals surface area (Å²) in [6, 6.07) is 6.33. The first kappa shape index (κ1) is 26.3. The normalized spacial score (nSPS) is 22.5. The number of nitrogens with one attached hydrogen (secondary N) is 1. The molecule has 2 aromatic rings. The Balaban J connectivity index is 1.29. The van der Waals surface area contributed by atoms with Crippen LogP contribution in [0.1, 0.15) is 76.1 Å². The van der Waals surface area contributed by atoms with Gasteiger partial charge in [-0.2, -0.15) is 0 Å². The van der Waals surface area contributed by atoms with E-state index >= 15 is 0 Å². The summed E-state index contributed by atoms with van der Waals surface area (Å²) >= 11 is 0. The number of aromatic nitrogens is 3. The van der Waals surface area contributed by atoms with Crippen molar-refractivity contribution < 1.29 is 19.5 Å². The van der Waals surface area contributed by atoms with E-state index in [0.29, 0.717) is 12.5 Å². The molecule has 3 amide bonds. The van der Waals surface area contributed by atoms with Crippen molar-refractivity contribution >= 4 is 23.4 Å². The number of fused-ring (bicyclic) bond motifs is 1. The molecule has 38 heavy (non-hydrogen) atoms. The third kappa shape index (κ3) is 5.45. The molecule has 3 heterocycles. The van der Waals surface area contributed by atoms with Crippen LogP contribution < -0.4 is 10.2 Å². The van der Waals surface area contributed by atoms with E-state index < -0.39 is 29.5 Å². The summed E-state index contributed by atoms with van der Waals surface area (Å²) in [5.41, 5.74) is 2.41. The maximum absolute atomic E-state index is 13.9. The molecule has 204 valence electrons. The van der Waals surface area contributed by atoms with E-state index in [4.69, 9.17) is 0 Å². The number of β-amino-alcohol motifs (C(OH)–C–C–N with tert-alkyl or cyclic N) is 1. The number of aryl methyl sites for hydroxylation is 1. The first-order valence-corrected chi connectivity index (χ1v) is 13.7. The number of anilines is 1. The number of carbonyl (C=O) groups excluding carboxylic acids is 3. The molecule has 0 spiro atoms. The molecular formula is C28H38N6O4. The number of nitrogens with zero attached hydrogens (tertiary/aromatic N) is 5. The van der Waals surface area contributed by atoms with Crippen molar-refractivity contribution in [1.29, 1.82) is 0 Å². The highest BCUT2D eigenvalue weighted by Gasteiger charge is 2.45. The average molecular weight is 523 g/mol. The Morgan fingerprint density at radius 1 is 1.16 bits per heavy atom. The largest absolute Gasteiger partial charge is 0.391 e. The highest BCUT2D eigenvalue weighted by atomic mass is 16.3. The van der Waals surface area contributed by atoms with Gasteiger partial charge in [-0.15, -0.1) is 5.10 Å². The maximum Gasteiger partial charge on any atom is 0.248 e. The van der Waals surface area contributed by atoms with Gasteiger partial charge in [-0.1, -0.05) is 44.2 Å². The highest BCUT2D eigenvalue weighted by molar-refractivity contribution is 5.98. The highest BCUT2D eigenvalue weighted by Crippen LogP contribution is 2.40. The summed E-state index contributed by atoms with van der Waals surface area (Å²) in [5.74, 6) is -0.502. The molecule has 1 saturated heterocycles. The number of amides is 3. The first-order valence-electron chi connectivity index (χ1n) is 13.7. The second-order valence-corrected chi connectivity index (χ2v) is 11.9. The van der Waals surface area contributed by atoms with Crippen molar-refractivity contribution in [3.63, 3.8) is 0 Å². The van der Waals surface area contributed by atoms with E-state index in [1.165, 1.54) is 4.90 Å². The smallest absolute Gasteiger partial charge is 0.248 e. The Bertz CT molecular complexity index is 1200. The molecule has 3 atom stereocenters. The van der Waals surface area contributed by atoms with Gasteiger partial charge >= 0.3 is 0 Å². The molecule has 1 saturated carbocycles. The molecule has 10 heteroatoms. The van der Waals surface area contributed by atoms with Crippen LogP contribution >= 0.6 is 0 Å². The number of para-hydroxylation sites is 1. The minimum atomic E-state index is -0.863. The molecular weight excluding hydrogens is 484 g/mol. The van der Waals surface area contributed by atoms with Crippen LogP contribution in [0, 0.1) is 5.41 Å². The lowest BCUT2D eigenvalue weighted by Crippen LogP contribution is -2.51. The van der Waals surface area contributed by atoms with Crippen LogP contribution in [0.4, 0.5) is 5.69 Å². The van der Waals surface area contributed by atoms with Crippen LogP contribution in [0.3, 0.4) is 0 Å². The molecule has 1 aromatic carbocycles. The predicted molar refractivity (Wildman–Crippen MR) is 141 cm³/mol. The topological polar surface area (TPSA) is 121 Å². The SMILES string of the molecule is CC(C)(C)[C@@H](C(=O)N1C[C@H](O)C[C@H]1C(=O)NCC(=O)N1CCCCc2ccccc21)n1cc(C2CC2)nn1. The molecule has 1 aromatic heterocycles. The van der Waals surface area contributed by atoms with Gasteiger partial charge < -0.3 is 20.2 Å². The minimum Gasteiger partial charge on any atom is -0.391 e. The monoisotopic (exact) mass is 522 g/mol. The number of rotatable bonds is 6. The Hall–Kier alpha value is -3.27. The van der Waals surface area contributed by atoms with Crippen molar-refractivity contribution in [1.82, 2.24) is 25.2 Å². The summed E-state index contributed by atoms with van der Waals surface area (Å²) < 4.78 is 1.61. The van der Waals surface area contributed by atoms with E-state index in [0.717, 1.165) is 49.0 Å². The van der Waals surface area contributed by atoms with Gasteiger partial charge in [-0.05, 0) is 49.1 Å². The second kappa shape index (κ2) is 10.5. The Morgan fingerprint density at radius 2 is 1.92 bits per heavy atom. The standard InChI is InChI=1S/C28H38N6O4/c1-28(2,3)25(34-17-21(30-31-34)18-11-12-18)27(38)33-16-20(35)14-23(33)26(37)29-15-24(36)32-13-7-6-9-19-8-4-5-10-22(19)32/h4-5,8,10,17-18,20,23,25,35H,6-7,9,11-16H2,1-3H3,(H,29,37)/t20-,23+,25-/m1/s1. The Morgan fingerprint density at radius 3 is 2.66 bits per heavy atom. The zero-order valence-corrected chi connectivity index (χ0v) is 22.5. The molecule has 0 bridgehead atoms. The van der Waals surface area contributed by atoms with Gasteiger partial charge in [0, 0.05) is 37.3 Å². The first-order chi connectivity index (χ1) is 18.1. The van der Waals surface area contributed by atoms with Crippen molar-refractivity contribution in [3.8, 4) is 0 Å². The van der Waals surface area contributed by atoms with Gasteiger partial charge in [-0.25, -0.2) is 4.68 Å². The zero-order valence-electron chi connectivity index (χ0n) is 22.5. The van der Waals surface area contributed by atoms with Gasteiger partial charge in [0.1, 0.15) is 12.1 Å². The molecule has 1 aliphatic carbocycles. The van der Waals surface area contributed by atoms with E-state index in [9.17, 15) is 19.5 Å². The number of aliphatic hydroxyl groups excluding tert-OH is 1.